The molecule has 0 saturated carbocycles. The number of carbonyl (C=O) groups excluding carboxylic acids is 2. The molecule has 32 heavy (non-hydrogen) atoms. The Balaban J connectivity index is 1.91. The van der Waals surface area contributed by atoms with Crippen LogP contribution in [-0.4, -0.2) is 30.7 Å². The number of esters is 1. The van der Waals surface area contributed by atoms with Crippen molar-refractivity contribution in [1.29, 1.82) is 0 Å². The Hall–Kier alpha value is -3.38. The van der Waals surface area contributed by atoms with Crippen LogP contribution in [-0.2, 0) is 7.87 Å². The minimum absolute atomic E-state index is 0.194. The van der Waals surface area contributed by atoms with Gasteiger partial charge in [0.15, 0.2) is 0 Å². The number of benzene rings is 4. The quantitative estimate of drug-likeness (QED) is 0.218. The van der Waals surface area contributed by atoms with Gasteiger partial charge in [-0.2, -0.15) is 0 Å². The molecule has 0 spiro atoms. The molecule has 0 atom stereocenters. The van der Waals surface area contributed by atoms with Crippen LogP contribution in [0.2, 0.25) is 0 Å². The van der Waals surface area contributed by atoms with Gasteiger partial charge in [-0.1, -0.05) is 0 Å². The third-order valence-corrected chi connectivity index (χ3v) is 16.4. The monoisotopic (exact) mass is 530 g/mol. The summed E-state index contributed by atoms with van der Waals surface area (Å²) in [6, 6.07) is 36.5. The van der Waals surface area contributed by atoms with Crippen molar-refractivity contribution in [3.63, 3.8) is 0 Å². The van der Waals surface area contributed by atoms with E-state index in [1.165, 1.54) is 6.92 Å². The van der Waals surface area contributed by atoms with Crippen LogP contribution >= 0.6 is 0 Å². The van der Waals surface area contributed by atoms with Gasteiger partial charge in [-0.3, -0.25) is 0 Å². The fourth-order valence-electron chi connectivity index (χ4n) is 3.77. The van der Waals surface area contributed by atoms with Crippen LogP contribution in [0.1, 0.15) is 17.3 Å². The Bertz CT molecular complexity index is 1110. The minimum atomic E-state index is -4.26. The molecule has 0 unspecified atom stereocenters. The summed E-state index contributed by atoms with van der Waals surface area (Å²) in [6.45, 7) is 1.31. The number of carbonyl (C=O) groups is 2. The van der Waals surface area contributed by atoms with E-state index >= 15 is 0 Å². The van der Waals surface area contributed by atoms with Crippen molar-refractivity contribution in [2.24, 2.45) is 0 Å². The van der Waals surface area contributed by atoms with Crippen LogP contribution in [0.15, 0.2) is 115 Å². The van der Waals surface area contributed by atoms with Gasteiger partial charge in [0.05, 0.1) is 0 Å². The van der Waals surface area contributed by atoms with Crippen LogP contribution in [0.3, 0.4) is 0 Å². The van der Waals surface area contributed by atoms with Crippen molar-refractivity contribution in [1.82, 2.24) is 0 Å². The molecule has 158 valence electrons. The summed E-state index contributed by atoms with van der Waals surface area (Å²) in [5.41, 5.74) is 0.228. The molecule has 0 bridgehead atoms. The standard InChI is InChI=1S/C9H8O4.3C6H5.Sn/c1-6(10)13-8-5-3-2-4-7(8)9(11)12;3*1-2-4-6-5-3-1;/h2-5H,1H3,(H,11,12);3*1-5H;/q;;;;+1/p-1. The maximum absolute atomic E-state index is 13.6. The van der Waals surface area contributed by atoms with Crippen LogP contribution < -0.4 is 15.5 Å². The van der Waals surface area contributed by atoms with E-state index in [-0.39, 0.29) is 11.3 Å². The van der Waals surface area contributed by atoms with Gasteiger partial charge in [0.1, 0.15) is 0 Å². The SMILES string of the molecule is CC(=O)Oc1ccccc1C(=O)[O][Sn]([c]1ccccc1)([c]1ccccc1)[c]1ccccc1. The molecule has 0 N–H and O–H groups in total. The topological polar surface area (TPSA) is 52.6 Å². The molecule has 0 radical (unpaired) electrons. The molecule has 4 aromatic carbocycles. The van der Waals surface area contributed by atoms with Gasteiger partial charge in [-0.05, 0) is 0 Å². The Kier molecular flexibility index (Phi) is 6.71. The van der Waals surface area contributed by atoms with Gasteiger partial charge in [-0.25, -0.2) is 0 Å². The molecular weight excluding hydrogens is 507 g/mol. The summed E-state index contributed by atoms with van der Waals surface area (Å²) in [7, 11) is 0. The summed E-state index contributed by atoms with van der Waals surface area (Å²) < 4.78 is 14.9. The van der Waals surface area contributed by atoms with Gasteiger partial charge in [0.2, 0.25) is 0 Å². The van der Waals surface area contributed by atoms with E-state index in [1.54, 1.807) is 24.3 Å². The average Bonchev–Trinajstić information content (AvgIpc) is 2.84. The predicted molar refractivity (Wildman–Crippen MR) is 127 cm³/mol. The Morgan fingerprint density at radius 3 is 1.44 bits per heavy atom. The van der Waals surface area contributed by atoms with Gasteiger partial charge in [0.25, 0.3) is 0 Å². The van der Waals surface area contributed by atoms with Crippen LogP contribution in [0.4, 0.5) is 0 Å². The zero-order valence-corrected chi connectivity index (χ0v) is 20.5. The van der Waals surface area contributed by atoms with Gasteiger partial charge >= 0.3 is 192 Å². The van der Waals surface area contributed by atoms with Crippen molar-refractivity contribution >= 4 is 41.5 Å². The number of hydrogen-bond donors (Lipinski definition) is 0. The second-order valence-corrected chi connectivity index (χ2v) is 16.7. The van der Waals surface area contributed by atoms with E-state index in [0.717, 1.165) is 10.7 Å². The molecule has 4 rings (SSSR count). The number of para-hydroxylation sites is 1. The fraction of sp³-hybridized carbons (Fsp3) is 0.0370. The molecule has 4 aromatic rings. The van der Waals surface area contributed by atoms with Gasteiger partial charge in [-0.15, -0.1) is 0 Å². The van der Waals surface area contributed by atoms with Crippen molar-refractivity contribution in [3.05, 3.63) is 121 Å². The van der Waals surface area contributed by atoms with Crippen LogP contribution in [0.5, 0.6) is 5.75 Å². The molecule has 0 aliphatic carbocycles. The molecule has 4 nitrogen and oxygen atoms in total. The Labute approximate surface area is 191 Å². The van der Waals surface area contributed by atoms with E-state index in [9.17, 15) is 9.59 Å². The number of ether oxygens (including phenoxy) is 1. The first kappa shape index (κ1) is 21.8. The third kappa shape index (κ3) is 4.46. The van der Waals surface area contributed by atoms with Gasteiger partial charge in [0, 0.05) is 0 Å². The zero-order chi connectivity index (χ0) is 22.4. The average molecular weight is 529 g/mol. The fourth-order valence-corrected chi connectivity index (χ4v) is 14.4. The zero-order valence-electron chi connectivity index (χ0n) is 17.6. The van der Waals surface area contributed by atoms with Crippen LogP contribution in [0.25, 0.3) is 0 Å². The summed E-state index contributed by atoms with van der Waals surface area (Å²) in [5, 5.41) is 0. The van der Waals surface area contributed by atoms with Crippen molar-refractivity contribution in [2.45, 2.75) is 6.92 Å². The summed E-state index contributed by atoms with van der Waals surface area (Å²) in [5.74, 6) is -0.803. The number of rotatable bonds is 6. The van der Waals surface area contributed by atoms with Crippen molar-refractivity contribution < 1.29 is 17.4 Å². The van der Waals surface area contributed by atoms with E-state index in [4.69, 9.17) is 7.81 Å². The summed E-state index contributed by atoms with van der Waals surface area (Å²) in [6.07, 6.45) is 0. The maximum atomic E-state index is 13.6. The molecule has 0 aliphatic rings. The van der Waals surface area contributed by atoms with Crippen molar-refractivity contribution in [3.8, 4) is 5.75 Å². The van der Waals surface area contributed by atoms with Gasteiger partial charge < -0.3 is 0 Å². The van der Waals surface area contributed by atoms with E-state index < -0.39 is 30.7 Å². The van der Waals surface area contributed by atoms with Crippen LogP contribution in [0, 0.1) is 0 Å². The summed E-state index contributed by atoms with van der Waals surface area (Å²) in [4.78, 5) is 25.2. The molecular formula is C27H22O4Sn. The Morgan fingerprint density at radius 1 is 0.594 bits per heavy atom. The predicted octanol–water partition coefficient (Wildman–Crippen LogP) is 3.44. The Morgan fingerprint density at radius 2 is 1.00 bits per heavy atom. The van der Waals surface area contributed by atoms with E-state index in [1.807, 2.05) is 91.0 Å². The molecule has 0 aromatic heterocycles. The molecule has 5 heteroatoms. The van der Waals surface area contributed by atoms with Crippen molar-refractivity contribution in [2.75, 3.05) is 0 Å². The van der Waals surface area contributed by atoms with E-state index in [2.05, 4.69) is 0 Å². The first-order valence-corrected chi connectivity index (χ1v) is 15.7. The summed E-state index contributed by atoms with van der Waals surface area (Å²) >= 11 is -4.26. The first-order valence-electron chi connectivity index (χ1n) is 10.3. The second-order valence-electron chi connectivity index (χ2n) is 7.26. The first-order chi connectivity index (χ1) is 15.6. The molecule has 0 aliphatic heterocycles. The van der Waals surface area contributed by atoms with E-state index in [0.29, 0.717) is 0 Å². The number of hydrogen-bond acceptors (Lipinski definition) is 4. The second kappa shape index (κ2) is 9.83. The molecule has 0 heterocycles. The molecule has 0 saturated heterocycles. The molecule has 0 amide bonds. The molecule has 0 fully saturated rings. The normalized spacial score (nSPS) is 10.9. The third-order valence-electron chi connectivity index (χ3n) is 5.15.